The van der Waals surface area contributed by atoms with Crippen molar-refractivity contribution in [2.24, 2.45) is 0 Å². The van der Waals surface area contributed by atoms with Crippen molar-refractivity contribution in [3.8, 4) is 0 Å². The molecule has 0 radical (unpaired) electrons. The topological polar surface area (TPSA) is 78.9 Å². The van der Waals surface area contributed by atoms with Gasteiger partial charge in [0.15, 0.2) is 6.10 Å². The van der Waals surface area contributed by atoms with Gasteiger partial charge in [0.25, 0.3) is 0 Å². The minimum atomic E-state index is -0.829. The molecule has 0 aromatic carbocycles. The molecule has 0 aliphatic heterocycles. The second kappa shape index (κ2) is 52.7. The van der Waals surface area contributed by atoms with Gasteiger partial charge < -0.3 is 14.2 Å². The number of allylic oxidation sites excluding steroid dienone is 18. The first-order chi connectivity index (χ1) is 32.0. The summed E-state index contributed by atoms with van der Waals surface area (Å²) in [5.74, 6) is -1.06. The van der Waals surface area contributed by atoms with Gasteiger partial charge in [0.05, 0.1) is 0 Å². The van der Waals surface area contributed by atoms with E-state index in [1.165, 1.54) is 89.9 Å². The summed E-state index contributed by atoms with van der Waals surface area (Å²) in [7, 11) is 0. The minimum Gasteiger partial charge on any atom is -0.462 e. The molecule has 0 aromatic rings. The van der Waals surface area contributed by atoms with Gasteiger partial charge in [-0.1, -0.05) is 194 Å². The van der Waals surface area contributed by atoms with E-state index in [0.717, 1.165) is 83.5 Å². The lowest BCUT2D eigenvalue weighted by Crippen LogP contribution is -2.30. The molecule has 0 rings (SSSR count). The molecule has 0 fully saturated rings. The predicted octanol–water partition coefficient (Wildman–Crippen LogP) is 17.5. The van der Waals surface area contributed by atoms with E-state index in [9.17, 15) is 14.4 Å². The summed E-state index contributed by atoms with van der Waals surface area (Å²) in [6, 6.07) is 0. The number of hydrogen-bond donors (Lipinski definition) is 0. The monoisotopic (exact) mass is 901 g/mol. The van der Waals surface area contributed by atoms with E-state index in [4.69, 9.17) is 14.2 Å². The Morgan fingerprint density at radius 3 is 1.03 bits per heavy atom. The normalized spacial score (nSPS) is 13.0. The van der Waals surface area contributed by atoms with Crippen LogP contribution in [0.1, 0.15) is 226 Å². The maximum absolute atomic E-state index is 12.8. The third kappa shape index (κ3) is 50.9. The third-order valence-corrected chi connectivity index (χ3v) is 10.7. The predicted molar refractivity (Wildman–Crippen MR) is 279 cm³/mol. The maximum atomic E-state index is 12.8. The number of carbonyl (C=O) groups excluding carboxylic acids is 3. The van der Waals surface area contributed by atoms with E-state index in [2.05, 4.69) is 118 Å². The summed E-state index contributed by atoms with van der Waals surface area (Å²) in [4.78, 5) is 37.9. The Morgan fingerprint density at radius 1 is 0.308 bits per heavy atom. The van der Waals surface area contributed by atoms with E-state index >= 15 is 0 Å². The molecule has 0 bridgehead atoms. The van der Waals surface area contributed by atoms with Crippen molar-refractivity contribution < 1.29 is 28.6 Å². The van der Waals surface area contributed by atoms with Crippen LogP contribution in [0.15, 0.2) is 109 Å². The van der Waals surface area contributed by atoms with Gasteiger partial charge in [-0.05, 0) is 122 Å². The molecule has 0 spiro atoms. The number of hydrogen-bond acceptors (Lipinski definition) is 6. The average Bonchev–Trinajstić information content (AvgIpc) is 3.30. The summed E-state index contributed by atoms with van der Waals surface area (Å²) in [5, 5.41) is 0. The molecule has 368 valence electrons. The molecule has 0 unspecified atom stereocenters. The lowest BCUT2D eigenvalue weighted by Gasteiger charge is -2.18. The SMILES string of the molecule is CCCCC/C=C\C/C=C\C/C=C\C/C=C\C/C=C\CCC(=O)OC[C@H](COC(=O)CCCC/C=C\C/C=C\C/C=C\CCCCC)OC(=O)CCCCCCC/C=C\CCCCCC. The van der Waals surface area contributed by atoms with Crippen molar-refractivity contribution in [1.82, 2.24) is 0 Å². The number of unbranched alkanes of at least 4 members (excludes halogenated alkanes) is 17. The Morgan fingerprint density at radius 2 is 0.585 bits per heavy atom. The summed E-state index contributed by atoms with van der Waals surface area (Å²) < 4.78 is 16.7. The molecule has 0 saturated heterocycles. The lowest BCUT2D eigenvalue weighted by molar-refractivity contribution is -0.166. The van der Waals surface area contributed by atoms with Crippen LogP contribution in [0.3, 0.4) is 0 Å². The Kier molecular flexibility index (Phi) is 49.5. The van der Waals surface area contributed by atoms with Gasteiger partial charge in [-0.15, -0.1) is 0 Å². The van der Waals surface area contributed by atoms with Crippen LogP contribution in [0, 0.1) is 0 Å². The highest BCUT2D eigenvalue weighted by Gasteiger charge is 2.19. The highest BCUT2D eigenvalue weighted by atomic mass is 16.6. The van der Waals surface area contributed by atoms with Gasteiger partial charge in [0.2, 0.25) is 0 Å². The fourth-order valence-electron chi connectivity index (χ4n) is 6.72. The van der Waals surface area contributed by atoms with E-state index in [-0.39, 0.29) is 37.5 Å². The maximum Gasteiger partial charge on any atom is 0.306 e. The van der Waals surface area contributed by atoms with Gasteiger partial charge >= 0.3 is 17.9 Å². The van der Waals surface area contributed by atoms with Crippen molar-refractivity contribution in [1.29, 1.82) is 0 Å². The molecule has 0 aliphatic rings. The lowest BCUT2D eigenvalue weighted by atomic mass is 10.1. The third-order valence-electron chi connectivity index (χ3n) is 10.7. The molecule has 0 amide bonds. The van der Waals surface area contributed by atoms with Crippen LogP contribution in [0.2, 0.25) is 0 Å². The molecule has 0 N–H and O–H groups in total. The van der Waals surface area contributed by atoms with Crippen LogP contribution in [-0.4, -0.2) is 37.2 Å². The summed E-state index contributed by atoms with van der Waals surface area (Å²) in [5.41, 5.74) is 0. The number of carbonyl (C=O) groups is 3. The second-order valence-corrected chi connectivity index (χ2v) is 17.1. The number of esters is 3. The van der Waals surface area contributed by atoms with Crippen LogP contribution < -0.4 is 0 Å². The first-order valence-corrected chi connectivity index (χ1v) is 26.4. The van der Waals surface area contributed by atoms with Crippen molar-refractivity contribution in [3.63, 3.8) is 0 Å². The highest BCUT2D eigenvalue weighted by molar-refractivity contribution is 5.71. The molecule has 0 aromatic heterocycles. The van der Waals surface area contributed by atoms with Crippen molar-refractivity contribution in [3.05, 3.63) is 109 Å². The molecular weight excluding hydrogens is 805 g/mol. The highest BCUT2D eigenvalue weighted by Crippen LogP contribution is 2.12. The summed E-state index contributed by atoms with van der Waals surface area (Å²) >= 11 is 0. The van der Waals surface area contributed by atoms with Gasteiger partial charge in [-0.25, -0.2) is 0 Å². The zero-order valence-corrected chi connectivity index (χ0v) is 42.0. The Bertz CT molecular complexity index is 1360. The van der Waals surface area contributed by atoms with E-state index in [0.29, 0.717) is 25.7 Å². The van der Waals surface area contributed by atoms with Gasteiger partial charge in [0, 0.05) is 19.3 Å². The molecule has 0 aliphatic carbocycles. The molecule has 1 atom stereocenters. The molecule has 0 heterocycles. The number of rotatable bonds is 46. The van der Waals surface area contributed by atoms with Crippen LogP contribution in [-0.2, 0) is 28.6 Å². The first kappa shape index (κ1) is 61.1. The zero-order chi connectivity index (χ0) is 47.2. The second-order valence-electron chi connectivity index (χ2n) is 17.1. The van der Waals surface area contributed by atoms with Crippen molar-refractivity contribution in [2.75, 3.05) is 13.2 Å². The molecule has 65 heavy (non-hydrogen) atoms. The van der Waals surface area contributed by atoms with E-state index in [1.807, 2.05) is 12.2 Å². The molecule has 6 nitrogen and oxygen atoms in total. The average molecular weight is 901 g/mol. The fourth-order valence-corrected chi connectivity index (χ4v) is 6.72. The van der Waals surface area contributed by atoms with E-state index in [1.54, 1.807) is 0 Å². The smallest absolute Gasteiger partial charge is 0.306 e. The minimum absolute atomic E-state index is 0.126. The van der Waals surface area contributed by atoms with Crippen molar-refractivity contribution >= 4 is 17.9 Å². The van der Waals surface area contributed by atoms with E-state index < -0.39 is 6.10 Å². The van der Waals surface area contributed by atoms with Crippen molar-refractivity contribution in [2.45, 2.75) is 232 Å². The molecule has 0 saturated carbocycles. The molecule has 6 heteroatoms. The van der Waals surface area contributed by atoms with Crippen LogP contribution in [0.4, 0.5) is 0 Å². The Hall–Kier alpha value is -3.93. The van der Waals surface area contributed by atoms with Gasteiger partial charge in [0.1, 0.15) is 13.2 Å². The standard InChI is InChI=1S/C59H96O6/c1-4-7-10-13-16-19-22-25-27-28-29-30-32-35-37-40-43-46-49-52-58(61)64-55-56(65-59(62)53-50-47-44-41-38-33-24-21-18-15-12-9-6-3)54-63-57(60)51-48-45-42-39-36-34-31-26-23-20-17-14-11-8-5-2/h16-17,19-21,24-27,29-31,35-37,39,43,46,56H,4-15,18,22-23,28,32-34,38,40-42,44-45,47-55H2,1-3H3/b19-16-,20-17-,24-21-,27-25-,30-29-,31-26-,37-35-,39-36-,46-43-/t56-/m0/s1. The quantitative estimate of drug-likeness (QED) is 0.0262. The fraction of sp³-hybridized carbons (Fsp3) is 0.644. The first-order valence-electron chi connectivity index (χ1n) is 26.4. The largest absolute Gasteiger partial charge is 0.462 e. The van der Waals surface area contributed by atoms with Crippen LogP contribution in [0.5, 0.6) is 0 Å². The number of ether oxygens (including phenoxy) is 3. The summed E-state index contributed by atoms with van der Waals surface area (Å²) in [6.45, 7) is 6.44. The molecular formula is C59H96O6. The van der Waals surface area contributed by atoms with Gasteiger partial charge in [-0.3, -0.25) is 14.4 Å². The Labute approximate surface area is 400 Å². The van der Waals surface area contributed by atoms with Gasteiger partial charge in [-0.2, -0.15) is 0 Å². The zero-order valence-electron chi connectivity index (χ0n) is 42.0. The summed E-state index contributed by atoms with van der Waals surface area (Å²) in [6.07, 6.45) is 70.8. The Balaban J connectivity index is 4.57. The van der Waals surface area contributed by atoms with Crippen LogP contribution in [0.25, 0.3) is 0 Å². The van der Waals surface area contributed by atoms with Crippen LogP contribution >= 0.6 is 0 Å².